The van der Waals surface area contributed by atoms with Crippen LogP contribution in [0.25, 0.3) is 0 Å². The zero-order valence-electron chi connectivity index (χ0n) is 30.3. The highest BCUT2D eigenvalue weighted by molar-refractivity contribution is 7.80. The third-order valence-electron chi connectivity index (χ3n) is 9.41. The predicted molar refractivity (Wildman–Crippen MR) is 193 cm³/mol. The number of hydrogen-bond donors (Lipinski definition) is 0. The lowest BCUT2D eigenvalue weighted by Gasteiger charge is -2.46. The van der Waals surface area contributed by atoms with Crippen molar-refractivity contribution in [3.63, 3.8) is 0 Å². The molecule has 3 aliphatic rings. The Morgan fingerprint density at radius 2 is 1.82 bits per heavy atom. The molecule has 15 heteroatoms. The summed E-state index contributed by atoms with van der Waals surface area (Å²) >= 11 is 5.79. The third kappa shape index (κ3) is 8.47. The Morgan fingerprint density at radius 1 is 1.10 bits per heavy atom. The molecule has 276 valence electrons. The highest BCUT2D eigenvalue weighted by atomic mass is 32.1. The number of imidazole rings is 1. The van der Waals surface area contributed by atoms with E-state index < -0.39 is 50.9 Å². The van der Waals surface area contributed by atoms with E-state index in [9.17, 15) is 0 Å². The van der Waals surface area contributed by atoms with E-state index >= 15 is 0 Å². The summed E-state index contributed by atoms with van der Waals surface area (Å²) in [6, 6.07) is 13.6. The maximum atomic E-state index is 7.02. The third-order valence-corrected chi connectivity index (χ3v) is 14.1. The van der Waals surface area contributed by atoms with Crippen LogP contribution in [0.3, 0.4) is 0 Å². The molecule has 51 heavy (non-hydrogen) atoms. The molecule has 4 heterocycles. The van der Waals surface area contributed by atoms with Crippen molar-refractivity contribution < 1.29 is 47.2 Å². The first-order chi connectivity index (χ1) is 24.3. The molecule has 2 unspecified atom stereocenters. The average Bonchev–Trinajstić information content (AvgIpc) is 3.84. The van der Waals surface area contributed by atoms with E-state index in [1.165, 1.54) is 0 Å². The van der Waals surface area contributed by atoms with Gasteiger partial charge in [0.15, 0.2) is 38.0 Å². The minimum atomic E-state index is -2.43. The molecule has 6 atom stereocenters. The summed E-state index contributed by atoms with van der Waals surface area (Å²) in [4.78, 5) is 9.81. The summed E-state index contributed by atoms with van der Waals surface area (Å²) in [6.45, 7) is 14.8. The summed E-state index contributed by atoms with van der Waals surface area (Å²) in [5, 5.41) is 4.30. The molecule has 0 spiro atoms. The molecule has 3 aliphatic heterocycles. The molecule has 3 aromatic rings. The van der Waals surface area contributed by atoms with Crippen molar-refractivity contribution in [3.05, 3.63) is 77.9 Å². The fraction of sp³-hybridized carbons (Fsp3) is 0.528. The number of methoxy groups -OCH3 is 1. The second kappa shape index (κ2) is 15.3. The van der Waals surface area contributed by atoms with E-state index in [-0.39, 0.29) is 30.4 Å². The fourth-order valence-electron chi connectivity index (χ4n) is 5.84. The lowest BCUT2D eigenvalue weighted by Crippen LogP contribution is -2.53. The van der Waals surface area contributed by atoms with Crippen LogP contribution in [0.1, 0.15) is 63.7 Å². The minimum absolute atomic E-state index is 0.0837. The quantitative estimate of drug-likeness (QED) is 0.0651. The number of nitrogens with zero attached hydrogens (tertiary/aromatic N) is 3. The van der Waals surface area contributed by atoms with Crippen molar-refractivity contribution >= 4 is 31.9 Å². The van der Waals surface area contributed by atoms with Crippen LogP contribution in [0.4, 0.5) is 0 Å². The maximum absolute atomic E-state index is 7.02. The molecule has 0 N–H and O–H groups in total. The van der Waals surface area contributed by atoms with E-state index in [0.29, 0.717) is 11.5 Å². The molecule has 0 amide bonds. The SMILES string of the molecule is COCO[C@H]([C@H]1OC(C)(C)O[C@H]1/C=N\OCc1ccccc1)[C@@H]1OC(O[Si](C)(C)C(C)(C)C)c2cc3c(cc2C1OC(=S)n1ccnc1)OCO3. The number of aromatic nitrogens is 2. The van der Waals surface area contributed by atoms with E-state index in [0.717, 1.165) is 16.7 Å². The molecule has 0 saturated carbocycles. The molecule has 0 aliphatic carbocycles. The lowest BCUT2D eigenvalue weighted by atomic mass is 9.89. The standard InChI is InChI=1S/C36H47N3O10SSi/c1-35(2,3)51(7,8)49-33-25-17-27-26(41-22-42-27)16-24(25)29(46-34(50)39-15-14-37-20-39)32(45-33)31(43-21-40-6)30-28(47-36(4,5)48-30)18-38-44-19-23-12-10-9-11-13-23/h9-18,20,28-33H,19,21-22H2,1-8H3/b38-18-/t28-,29?,30-,31+,32+,33?/m0/s1. The van der Waals surface area contributed by atoms with Gasteiger partial charge >= 0.3 is 0 Å². The molecule has 1 aromatic heterocycles. The molecule has 1 fully saturated rings. The number of oxime groups is 1. The van der Waals surface area contributed by atoms with E-state index in [1.54, 1.807) is 36.6 Å². The number of benzene rings is 2. The molecule has 6 rings (SSSR count). The Kier molecular flexibility index (Phi) is 11.2. The van der Waals surface area contributed by atoms with Crippen LogP contribution >= 0.6 is 12.2 Å². The van der Waals surface area contributed by atoms with Crippen LogP contribution in [0.2, 0.25) is 18.1 Å². The molecule has 2 aromatic carbocycles. The van der Waals surface area contributed by atoms with E-state index in [2.05, 4.69) is 44.0 Å². The molecular weight excluding hydrogens is 695 g/mol. The van der Waals surface area contributed by atoms with Crippen LogP contribution in [0.15, 0.2) is 66.3 Å². The normalized spacial score (nSPS) is 24.7. The summed E-state index contributed by atoms with van der Waals surface area (Å²) < 4.78 is 58.8. The van der Waals surface area contributed by atoms with Crippen molar-refractivity contribution in [1.29, 1.82) is 0 Å². The van der Waals surface area contributed by atoms with Gasteiger partial charge in [0.2, 0.25) is 6.79 Å². The van der Waals surface area contributed by atoms with Gasteiger partial charge in [-0.15, -0.1) is 0 Å². The zero-order valence-corrected chi connectivity index (χ0v) is 32.1. The Morgan fingerprint density at radius 3 is 2.49 bits per heavy atom. The number of fused-ring (bicyclic) bond motifs is 2. The number of ether oxygens (including phenoxy) is 8. The Bertz CT molecular complexity index is 1670. The molecule has 0 radical (unpaired) electrons. The number of hydrogen-bond acceptors (Lipinski definition) is 13. The van der Waals surface area contributed by atoms with Gasteiger partial charge in [-0.1, -0.05) is 56.3 Å². The van der Waals surface area contributed by atoms with Crippen LogP contribution in [-0.4, -0.2) is 80.2 Å². The van der Waals surface area contributed by atoms with Gasteiger partial charge in [-0.25, -0.2) is 4.98 Å². The Hall–Kier alpha value is -3.41. The van der Waals surface area contributed by atoms with Crippen LogP contribution in [0.5, 0.6) is 11.5 Å². The van der Waals surface area contributed by atoms with Crippen LogP contribution in [0, 0.1) is 0 Å². The first kappa shape index (κ1) is 37.3. The average molecular weight is 742 g/mol. The Balaban J connectivity index is 1.41. The van der Waals surface area contributed by atoms with Gasteiger partial charge in [0.05, 0.1) is 6.21 Å². The van der Waals surface area contributed by atoms with Gasteiger partial charge in [0.1, 0.15) is 44.1 Å². The summed E-state index contributed by atoms with van der Waals surface area (Å²) in [6.07, 6.45) is 1.60. The first-order valence-corrected chi connectivity index (χ1v) is 20.2. The number of rotatable bonds is 12. The molecule has 0 bridgehead atoms. The minimum Gasteiger partial charge on any atom is -0.459 e. The fourth-order valence-corrected chi connectivity index (χ4v) is 7.12. The van der Waals surface area contributed by atoms with Crippen LogP contribution < -0.4 is 9.47 Å². The smallest absolute Gasteiger partial charge is 0.269 e. The maximum Gasteiger partial charge on any atom is 0.269 e. The first-order valence-electron chi connectivity index (χ1n) is 16.9. The topological polar surface area (TPSA) is 122 Å². The largest absolute Gasteiger partial charge is 0.459 e. The lowest BCUT2D eigenvalue weighted by molar-refractivity contribution is -0.248. The van der Waals surface area contributed by atoms with Gasteiger partial charge in [-0.2, -0.15) is 0 Å². The highest BCUT2D eigenvalue weighted by Gasteiger charge is 2.54. The van der Waals surface area contributed by atoms with Gasteiger partial charge in [0, 0.05) is 30.6 Å². The van der Waals surface area contributed by atoms with Crippen molar-refractivity contribution in [2.24, 2.45) is 5.16 Å². The van der Waals surface area contributed by atoms with Crippen LogP contribution in [-0.2, 0) is 44.3 Å². The van der Waals surface area contributed by atoms with Crippen molar-refractivity contribution in [1.82, 2.24) is 9.55 Å². The second-order valence-electron chi connectivity index (χ2n) is 14.5. The summed E-state index contributed by atoms with van der Waals surface area (Å²) in [5.74, 6) is 0.149. The van der Waals surface area contributed by atoms with E-state index in [4.69, 9.17) is 59.4 Å². The van der Waals surface area contributed by atoms with Gasteiger partial charge in [0.25, 0.3) is 5.17 Å². The molecule has 1 saturated heterocycles. The van der Waals surface area contributed by atoms with E-state index in [1.807, 2.05) is 56.3 Å². The molecular formula is C36H47N3O10SSi. The monoisotopic (exact) mass is 741 g/mol. The van der Waals surface area contributed by atoms with Gasteiger partial charge < -0.3 is 47.2 Å². The predicted octanol–water partition coefficient (Wildman–Crippen LogP) is 6.63. The van der Waals surface area contributed by atoms with Crippen molar-refractivity contribution in [3.8, 4) is 11.5 Å². The summed E-state index contributed by atoms with van der Waals surface area (Å²) in [7, 11) is -0.879. The zero-order chi connectivity index (χ0) is 36.4. The van der Waals surface area contributed by atoms with Gasteiger partial charge in [-0.3, -0.25) is 4.57 Å². The second-order valence-corrected chi connectivity index (χ2v) is 19.6. The highest BCUT2D eigenvalue weighted by Crippen LogP contribution is 2.50. The Labute approximate surface area is 305 Å². The summed E-state index contributed by atoms with van der Waals surface area (Å²) in [5.41, 5.74) is 2.45. The molecule has 13 nitrogen and oxygen atoms in total. The number of thiocarbonyl (C=S) groups is 1. The van der Waals surface area contributed by atoms with Crippen molar-refractivity contribution in [2.75, 3.05) is 20.7 Å². The van der Waals surface area contributed by atoms with Gasteiger partial charge in [-0.05, 0) is 61.9 Å². The van der Waals surface area contributed by atoms with Crippen molar-refractivity contribution in [2.45, 2.75) is 102 Å².